The maximum Gasteiger partial charge on any atom is 0.319 e. The third-order valence-corrected chi connectivity index (χ3v) is 4.47. The maximum absolute atomic E-state index is 12.4. The van der Waals surface area contributed by atoms with Crippen LogP contribution in [-0.2, 0) is 4.79 Å². The molecule has 0 spiro atoms. The van der Waals surface area contributed by atoms with E-state index in [1.54, 1.807) is 0 Å². The molecule has 1 saturated heterocycles. The van der Waals surface area contributed by atoms with Crippen molar-refractivity contribution in [2.45, 2.75) is 39.0 Å². The minimum absolute atomic E-state index is 0.0956. The van der Waals surface area contributed by atoms with Crippen LogP contribution in [-0.4, -0.2) is 53.1 Å². The van der Waals surface area contributed by atoms with Gasteiger partial charge in [0.2, 0.25) is 0 Å². The number of nitrogens with zero attached hydrogens (tertiary/aromatic N) is 2. The lowest BCUT2D eigenvalue weighted by atomic mass is 9.85. The molecule has 0 aromatic rings. The van der Waals surface area contributed by atoms with Gasteiger partial charge in [-0.3, -0.25) is 4.79 Å². The minimum atomic E-state index is -0.728. The Morgan fingerprint density at radius 3 is 2.26 bits per heavy atom. The Bertz CT molecular complexity index is 334. The van der Waals surface area contributed by atoms with Crippen LogP contribution in [0.1, 0.15) is 39.0 Å². The number of carboxylic acids is 1. The first-order valence-corrected chi connectivity index (χ1v) is 7.38. The summed E-state index contributed by atoms with van der Waals surface area (Å²) in [6, 6.07) is 0.0956. The van der Waals surface area contributed by atoms with Crippen LogP contribution in [0.15, 0.2) is 0 Å². The van der Waals surface area contributed by atoms with Crippen molar-refractivity contribution in [3.8, 4) is 0 Å². The monoisotopic (exact) mass is 268 g/mol. The van der Waals surface area contributed by atoms with Gasteiger partial charge in [-0.15, -0.1) is 0 Å². The van der Waals surface area contributed by atoms with Crippen molar-refractivity contribution >= 4 is 12.0 Å². The normalized spacial score (nSPS) is 21.0. The van der Waals surface area contributed by atoms with Crippen LogP contribution in [0.2, 0.25) is 0 Å². The van der Waals surface area contributed by atoms with Crippen LogP contribution in [0.25, 0.3) is 0 Å². The summed E-state index contributed by atoms with van der Waals surface area (Å²) in [5, 5.41) is 8.96. The van der Waals surface area contributed by atoms with Crippen LogP contribution in [0.4, 0.5) is 4.79 Å². The van der Waals surface area contributed by atoms with Crippen molar-refractivity contribution in [3.63, 3.8) is 0 Å². The molecule has 0 bridgehead atoms. The van der Waals surface area contributed by atoms with Crippen LogP contribution in [0, 0.1) is 11.8 Å². The van der Waals surface area contributed by atoms with E-state index in [9.17, 15) is 9.59 Å². The van der Waals surface area contributed by atoms with Crippen molar-refractivity contribution in [1.29, 1.82) is 0 Å². The van der Waals surface area contributed by atoms with E-state index in [0.29, 0.717) is 31.8 Å². The van der Waals surface area contributed by atoms with Crippen LogP contribution in [0.5, 0.6) is 0 Å². The van der Waals surface area contributed by atoms with Gasteiger partial charge in [0.05, 0.1) is 5.92 Å². The second-order valence-corrected chi connectivity index (χ2v) is 5.72. The van der Waals surface area contributed by atoms with E-state index < -0.39 is 5.97 Å². The highest BCUT2D eigenvalue weighted by Crippen LogP contribution is 2.27. The van der Waals surface area contributed by atoms with Crippen molar-refractivity contribution in [2.24, 2.45) is 11.8 Å². The third kappa shape index (κ3) is 3.39. The average Bonchev–Trinajstić information content (AvgIpc) is 2.37. The van der Waals surface area contributed by atoms with Gasteiger partial charge in [0, 0.05) is 26.2 Å². The highest BCUT2D eigenvalue weighted by Gasteiger charge is 2.30. The fourth-order valence-electron chi connectivity index (χ4n) is 2.85. The summed E-state index contributed by atoms with van der Waals surface area (Å²) in [4.78, 5) is 27.0. The van der Waals surface area contributed by atoms with E-state index in [1.807, 2.05) is 16.7 Å². The van der Waals surface area contributed by atoms with Crippen molar-refractivity contribution in [3.05, 3.63) is 0 Å². The topological polar surface area (TPSA) is 60.9 Å². The van der Waals surface area contributed by atoms with Gasteiger partial charge in [-0.2, -0.15) is 0 Å². The number of piperidine rings is 1. The Hall–Kier alpha value is -1.26. The standard InChI is InChI=1S/C14H24N2O3/c1-2-15(10-11-4-3-5-11)14(19)16-8-6-12(7-9-16)13(17)18/h11-12H,2-10H2,1H3,(H,17,18). The fourth-order valence-corrected chi connectivity index (χ4v) is 2.85. The van der Waals surface area contributed by atoms with Crippen LogP contribution >= 0.6 is 0 Å². The van der Waals surface area contributed by atoms with E-state index >= 15 is 0 Å². The number of hydrogen-bond acceptors (Lipinski definition) is 2. The number of urea groups is 1. The summed E-state index contributed by atoms with van der Waals surface area (Å²) in [7, 11) is 0. The molecule has 0 aromatic heterocycles. The smallest absolute Gasteiger partial charge is 0.319 e. The Morgan fingerprint density at radius 2 is 1.84 bits per heavy atom. The van der Waals surface area contributed by atoms with Gasteiger partial charge in [-0.25, -0.2) is 4.79 Å². The molecule has 5 nitrogen and oxygen atoms in total. The highest BCUT2D eigenvalue weighted by molar-refractivity contribution is 5.75. The number of aliphatic carboxylic acids is 1. The average molecular weight is 268 g/mol. The second-order valence-electron chi connectivity index (χ2n) is 5.72. The fraction of sp³-hybridized carbons (Fsp3) is 0.857. The summed E-state index contributed by atoms with van der Waals surface area (Å²) >= 11 is 0. The molecule has 0 radical (unpaired) electrons. The number of likely N-dealkylation sites (tertiary alicyclic amines) is 1. The molecule has 0 atom stereocenters. The predicted molar refractivity (Wildman–Crippen MR) is 71.9 cm³/mol. The van der Waals surface area contributed by atoms with Gasteiger partial charge in [-0.05, 0) is 38.5 Å². The molecule has 108 valence electrons. The third-order valence-electron chi connectivity index (χ3n) is 4.47. The molecule has 1 saturated carbocycles. The van der Waals surface area contributed by atoms with Gasteiger partial charge in [0.15, 0.2) is 0 Å². The van der Waals surface area contributed by atoms with Gasteiger partial charge >= 0.3 is 12.0 Å². The predicted octanol–water partition coefficient (Wildman–Crippen LogP) is 2.03. The molecule has 1 N–H and O–H groups in total. The van der Waals surface area contributed by atoms with Gasteiger partial charge in [0.1, 0.15) is 0 Å². The molecule has 2 fully saturated rings. The zero-order chi connectivity index (χ0) is 13.8. The first-order valence-electron chi connectivity index (χ1n) is 7.38. The van der Waals surface area contributed by atoms with E-state index in [1.165, 1.54) is 19.3 Å². The van der Waals surface area contributed by atoms with Gasteiger partial charge < -0.3 is 14.9 Å². The summed E-state index contributed by atoms with van der Waals surface area (Å²) in [5.41, 5.74) is 0. The van der Waals surface area contributed by atoms with Crippen molar-refractivity contribution in [1.82, 2.24) is 9.80 Å². The Labute approximate surface area is 114 Å². The molecule has 5 heteroatoms. The van der Waals surface area contributed by atoms with Crippen LogP contribution in [0.3, 0.4) is 0 Å². The first-order chi connectivity index (χ1) is 9.11. The molecule has 0 unspecified atom stereocenters. The molecule has 1 aliphatic heterocycles. The summed E-state index contributed by atoms with van der Waals surface area (Å²) < 4.78 is 0. The van der Waals surface area contributed by atoms with E-state index in [2.05, 4.69) is 0 Å². The number of rotatable bonds is 4. The van der Waals surface area contributed by atoms with Crippen molar-refractivity contribution in [2.75, 3.05) is 26.2 Å². The van der Waals surface area contributed by atoms with E-state index in [-0.39, 0.29) is 11.9 Å². The maximum atomic E-state index is 12.4. The lowest BCUT2D eigenvalue weighted by Gasteiger charge is -2.37. The number of carboxylic acid groups (broad SMARTS) is 1. The molecule has 19 heavy (non-hydrogen) atoms. The number of hydrogen-bond donors (Lipinski definition) is 1. The Morgan fingerprint density at radius 1 is 1.21 bits per heavy atom. The van der Waals surface area contributed by atoms with Gasteiger partial charge in [0.25, 0.3) is 0 Å². The van der Waals surface area contributed by atoms with Gasteiger partial charge in [-0.1, -0.05) is 6.42 Å². The summed E-state index contributed by atoms with van der Waals surface area (Å²) in [6.45, 7) is 4.79. The molecular weight excluding hydrogens is 244 g/mol. The quantitative estimate of drug-likeness (QED) is 0.848. The summed E-state index contributed by atoms with van der Waals surface area (Å²) in [5.74, 6) is -0.319. The molecule has 0 aromatic carbocycles. The highest BCUT2D eigenvalue weighted by atomic mass is 16.4. The molecular formula is C14H24N2O3. The second kappa shape index (κ2) is 6.26. The zero-order valence-corrected chi connectivity index (χ0v) is 11.7. The van der Waals surface area contributed by atoms with Crippen molar-refractivity contribution < 1.29 is 14.7 Å². The molecule has 1 aliphatic carbocycles. The molecule has 1 heterocycles. The Kier molecular flexibility index (Phi) is 4.66. The Balaban J connectivity index is 1.82. The first kappa shape index (κ1) is 14.2. The largest absolute Gasteiger partial charge is 0.481 e. The number of carbonyl (C=O) groups is 2. The van der Waals surface area contributed by atoms with E-state index in [0.717, 1.165) is 13.1 Å². The van der Waals surface area contributed by atoms with Crippen LogP contribution < -0.4 is 0 Å². The summed E-state index contributed by atoms with van der Waals surface area (Å²) in [6.07, 6.45) is 4.94. The minimum Gasteiger partial charge on any atom is -0.481 e. The zero-order valence-electron chi connectivity index (χ0n) is 11.7. The SMILES string of the molecule is CCN(CC1CCC1)C(=O)N1CCC(C(=O)O)CC1. The number of amides is 2. The lowest BCUT2D eigenvalue weighted by molar-refractivity contribution is -0.143. The molecule has 2 amide bonds. The lowest BCUT2D eigenvalue weighted by Crippen LogP contribution is -2.49. The molecule has 2 aliphatic rings. The number of carbonyl (C=O) groups excluding carboxylic acids is 1. The van der Waals surface area contributed by atoms with E-state index in [4.69, 9.17) is 5.11 Å². The molecule has 2 rings (SSSR count).